The van der Waals surface area contributed by atoms with Crippen LogP contribution >= 0.6 is 22.7 Å². The fourth-order valence-electron chi connectivity index (χ4n) is 2.29. The number of hydrogen-bond acceptors (Lipinski definition) is 4. The number of nitrogens with zero attached hydrogens (tertiary/aromatic N) is 1. The van der Waals surface area contributed by atoms with Crippen LogP contribution in [0.15, 0.2) is 28.6 Å². The van der Waals surface area contributed by atoms with Gasteiger partial charge in [-0.2, -0.15) is 0 Å². The number of amidine groups is 1. The normalized spacial score (nSPS) is 19.1. The number of nitrogens with two attached hydrogens (primary N) is 1. The standard InChI is InChI=1S/C14H18N2S2Si/c1-19(2,3)12-8-9-7-10(11-5-4-6-17-11)16-14(15)13(9)18-12/h4-6,8,10H,7H2,1-3H3,(H2,15,16). The summed E-state index contributed by atoms with van der Waals surface area (Å²) < 4.78 is 1.53. The second kappa shape index (κ2) is 4.58. The highest BCUT2D eigenvalue weighted by Gasteiger charge is 2.27. The topological polar surface area (TPSA) is 38.4 Å². The third-order valence-electron chi connectivity index (χ3n) is 3.36. The fourth-order valence-corrected chi connectivity index (χ4v) is 6.05. The van der Waals surface area contributed by atoms with Gasteiger partial charge in [0, 0.05) is 11.3 Å². The maximum Gasteiger partial charge on any atom is 0.136 e. The molecule has 0 bridgehead atoms. The molecular weight excluding hydrogens is 288 g/mol. The summed E-state index contributed by atoms with van der Waals surface area (Å²) in [6.45, 7) is 7.15. The lowest BCUT2D eigenvalue weighted by Crippen LogP contribution is -2.34. The molecule has 2 nitrogen and oxygen atoms in total. The fraction of sp³-hybridized carbons (Fsp3) is 0.357. The molecule has 100 valence electrons. The minimum absolute atomic E-state index is 0.219. The van der Waals surface area contributed by atoms with Crippen molar-refractivity contribution in [2.45, 2.75) is 32.1 Å². The molecular formula is C14H18N2S2Si. The number of thiophene rings is 2. The van der Waals surface area contributed by atoms with Crippen molar-refractivity contribution in [2.24, 2.45) is 10.7 Å². The van der Waals surface area contributed by atoms with E-state index in [4.69, 9.17) is 10.7 Å². The minimum atomic E-state index is -1.26. The Balaban J connectivity index is 1.99. The average molecular weight is 307 g/mol. The van der Waals surface area contributed by atoms with E-state index < -0.39 is 8.07 Å². The van der Waals surface area contributed by atoms with Gasteiger partial charge in [0.2, 0.25) is 0 Å². The Bertz CT molecular complexity index is 620. The zero-order valence-electron chi connectivity index (χ0n) is 11.4. The first-order valence-corrected chi connectivity index (χ1v) is 11.6. The van der Waals surface area contributed by atoms with E-state index in [-0.39, 0.29) is 6.04 Å². The van der Waals surface area contributed by atoms with Crippen molar-refractivity contribution in [3.8, 4) is 0 Å². The Hall–Kier alpha value is -0.913. The first-order chi connectivity index (χ1) is 8.95. The van der Waals surface area contributed by atoms with Crippen LogP contribution in [0.3, 0.4) is 0 Å². The molecule has 2 N–H and O–H groups in total. The summed E-state index contributed by atoms with van der Waals surface area (Å²) in [7, 11) is -1.26. The van der Waals surface area contributed by atoms with E-state index in [1.54, 1.807) is 11.3 Å². The third kappa shape index (κ3) is 2.42. The summed E-state index contributed by atoms with van der Waals surface area (Å²) in [6.07, 6.45) is 0.998. The van der Waals surface area contributed by atoms with Gasteiger partial charge in [0.1, 0.15) is 5.84 Å². The Morgan fingerprint density at radius 3 is 2.79 bits per heavy atom. The molecule has 0 spiro atoms. The second-order valence-electron chi connectivity index (χ2n) is 5.96. The largest absolute Gasteiger partial charge is 0.383 e. The van der Waals surface area contributed by atoms with E-state index >= 15 is 0 Å². The van der Waals surface area contributed by atoms with E-state index in [9.17, 15) is 0 Å². The molecule has 0 fully saturated rings. The number of fused-ring (bicyclic) bond motifs is 1. The van der Waals surface area contributed by atoms with E-state index in [1.807, 2.05) is 11.3 Å². The van der Waals surface area contributed by atoms with Gasteiger partial charge in [-0.25, -0.2) is 0 Å². The average Bonchev–Trinajstić information content (AvgIpc) is 2.96. The molecule has 1 unspecified atom stereocenters. The highest BCUT2D eigenvalue weighted by molar-refractivity contribution is 7.27. The van der Waals surface area contributed by atoms with E-state index in [0.29, 0.717) is 0 Å². The van der Waals surface area contributed by atoms with Crippen molar-refractivity contribution < 1.29 is 0 Å². The molecule has 0 saturated heterocycles. The molecule has 0 radical (unpaired) electrons. The molecule has 0 aromatic carbocycles. The quantitative estimate of drug-likeness (QED) is 0.849. The molecule has 1 aliphatic heterocycles. The smallest absolute Gasteiger partial charge is 0.136 e. The Labute approximate surface area is 123 Å². The summed E-state index contributed by atoms with van der Waals surface area (Å²) in [5, 5.41) is 2.11. The van der Waals surface area contributed by atoms with E-state index in [2.05, 4.69) is 43.2 Å². The van der Waals surface area contributed by atoms with Crippen molar-refractivity contribution >= 4 is 41.1 Å². The van der Waals surface area contributed by atoms with Gasteiger partial charge in [0.25, 0.3) is 0 Å². The van der Waals surface area contributed by atoms with Crippen LogP contribution in [0.2, 0.25) is 19.6 Å². The van der Waals surface area contributed by atoms with Crippen molar-refractivity contribution in [2.75, 3.05) is 0 Å². The van der Waals surface area contributed by atoms with Crippen LogP contribution in [-0.4, -0.2) is 13.9 Å². The van der Waals surface area contributed by atoms with Crippen LogP contribution in [0.5, 0.6) is 0 Å². The summed E-state index contributed by atoms with van der Waals surface area (Å²) in [6, 6.07) is 6.84. The number of hydrogen-bond donors (Lipinski definition) is 1. The molecule has 5 heteroatoms. The molecule has 2 aromatic rings. The maximum absolute atomic E-state index is 6.18. The Kier molecular flexibility index (Phi) is 3.15. The van der Waals surface area contributed by atoms with Crippen molar-refractivity contribution in [1.82, 2.24) is 0 Å². The van der Waals surface area contributed by atoms with Gasteiger partial charge in [-0.05, 0) is 27.6 Å². The Morgan fingerprint density at radius 1 is 1.37 bits per heavy atom. The third-order valence-corrected chi connectivity index (χ3v) is 9.11. The molecule has 1 aliphatic rings. The first-order valence-electron chi connectivity index (χ1n) is 6.45. The number of aliphatic imine (C=N–C) groups is 1. The van der Waals surface area contributed by atoms with Crippen molar-refractivity contribution in [3.63, 3.8) is 0 Å². The summed E-state index contributed by atoms with van der Waals surface area (Å²) >= 11 is 3.63. The predicted octanol–water partition coefficient (Wildman–Crippen LogP) is 3.36. The molecule has 0 aliphatic carbocycles. The van der Waals surface area contributed by atoms with Crippen LogP contribution < -0.4 is 10.2 Å². The maximum atomic E-state index is 6.18. The second-order valence-corrected chi connectivity index (χ2v) is 13.4. The van der Waals surface area contributed by atoms with Crippen LogP contribution in [-0.2, 0) is 6.42 Å². The zero-order valence-corrected chi connectivity index (χ0v) is 14.1. The molecule has 3 rings (SSSR count). The van der Waals surface area contributed by atoms with Crippen molar-refractivity contribution in [3.05, 3.63) is 38.9 Å². The predicted molar refractivity (Wildman–Crippen MR) is 88.8 cm³/mol. The molecule has 19 heavy (non-hydrogen) atoms. The van der Waals surface area contributed by atoms with Gasteiger partial charge in [-0.15, -0.1) is 22.7 Å². The molecule has 0 saturated carbocycles. The van der Waals surface area contributed by atoms with E-state index in [0.717, 1.165) is 12.3 Å². The molecule has 0 amide bonds. The number of rotatable bonds is 2. The highest BCUT2D eigenvalue weighted by atomic mass is 32.1. The van der Waals surface area contributed by atoms with Gasteiger partial charge < -0.3 is 5.73 Å². The summed E-state index contributed by atoms with van der Waals surface area (Å²) in [5.74, 6) is 0.731. The van der Waals surface area contributed by atoms with Gasteiger partial charge in [-0.3, -0.25) is 4.99 Å². The Morgan fingerprint density at radius 2 is 2.16 bits per heavy atom. The molecule has 1 atom stereocenters. The van der Waals surface area contributed by atoms with Crippen LogP contribution in [0, 0.1) is 0 Å². The lowest BCUT2D eigenvalue weighted by molar-refractivity contribution is 0.727. The SMILES string of the molecule is C[Si](C)(C)c1cc2c(s1)C(N)=NC(c1cccs1)C2. The highest BCUT2D eigenvalue weighted by Crippen LogP contribution is 2.33. The summed E-state index contributed by atoms with van der Waals surface area (Å²) in [5.41, 5.74) is 7.58. The van der Waals surface area contributed by atoms with Gasteiger partial charge >= 0.3 is 0 Å². The lowest BCUT2D eigenvalue weighted by atomic mass is 10.0. The first kappa shape index (κ1) is 13.1. The van der Waals surface area contributed by atoms with E-state index in [1.165, 1.54) is 19.8 Å². The van der Waals surface area contributed by atoms with Crippen LogP contribution in [0.1, 0.15) is 21.4 Å². The summed E-state index contributed by atoms with van der Waals surface area (Å²) in [4.78, 5) is 7.22. The minimum Gasteiger partial charge on any atom is -0.383 e. The molecule has 3 heterocycles. The van der Waals surface area contributed by atoms with Gasteiger partial charge in [-0.1, -0.05) is 25.7 Å². The van der Waals surface area contributed by atoms with Crippen molar-refractivity contribution in [1.29, 1.82) is 0 Å². The van der Waals surface area contributed by atoms with Gasteiger partial charge in [0.05, 0.1) is 19.0 Å². The van der Waals surface area contributed by atoms with Crippen LogP contribution in [0.4, 0.5) is 0 Å². The zero-order chi connectivity index (χ0) is 13.6. The monoisotopic (exact) mass is 306 g/mol. The van der Waals surface area contributed by atoms with Crippen LogP contribution in [0.25, 0.3) is 0 Å². The molecule has 2 aromatic heterocycles. The lowest BCUT2D eigenvalue weighted by Gasteiger charge is -2.17. The van der Waals surface area contributed by atoms with Gasteiger partial charge in [0.15, 0.2) is 0 Å².